The van der Waals surface area contributed by atoms with E-state index >= 15 is 0 Å². The van der Waals surface area contributed by atoms with Gasteiger partial charge in [0, 0.05) is 44.6 Å². The minimum absolute atomic E-state index is 0.0719. The normalized spacial score (nSPS) is 12.2. The molecule has 6 heteroatoms. The number of nitrogens with one attached hydrogen (secondary N) is 4. The highest BCUT2D eigenvalue weighted by molar-refractivity contribution is 5.85. The fourth-order valence-electron chi connectivity index (χ4n) is 1.63. The number of likely N-dealkylation sites (N-methyl/N-ethyl adjacent to an activating group) is 1. The Morgan fingerprint density at radius 2 is 1.60 bits per heavy atom. The summed E-state index contributed by atoms with van der Waals surface area (Å²) in [4.78, 5) is 23.4. The Morgan fingerprint density at radius 1 is 0.950 bits per heavy atom. The van der Waals surface area contributed by atoms with Crippen molar-refractivity contribution in [2.45, 2.75) is 40.2 Å². The summed E-state index contributed by atoms with van der Waals surface area (Å²) >= 11 is 0. The predicted molar refractivity (Wildman–Crippen MR) is 81.5 cm³/mol. The lowest BCUT2D eigenvalue weighted by Crippen LogP contribution is -2.39. The van der Waals surface area contributed by atoms with Crippen molar-refractivity contribution in [3.05, 3.63) is 0 Å². The van der Waals surface area contributed by atoms with Crippen LogP contribution in [0, 0.1) is 5.92 Å². The number of hydrogen-bond acceptors (Lipinski definition) is 4. The van der Waals surface area contributed by atoms with Crippen molar-refractivity contribution < 1.29 is 9.59 Å². The standard InChI is InChI=1S/C14H30N4O2/c1-5-15-6-7-17-13(19)10-12(4)14(20)18-9-8-16-11(2)3/h11-12,15-16H,5-10H2,1-4H3,(H,17,19)(H,18,20). The van der Waals surface area contributed by atoms with Crippen molar-refractivity contribution in [3.8, 4) is 0 Å². The van der Waals surface area contributed by atoms with Gasteiger partial charge in [-0.25, -0.2) is 0 Å². The molecule has 0 aromatic rings. The van der Waals surface area contributed by atoms with Crippen molar-refractivity contribution >= 4 is 11.8 Å². The van der Waals surface area contributed by atoms with Gasteiger partial charge in [-0.05, 0) is 6.54 Å². The molecule has 0 saturated carbocycles. The molecule has 0 saturated heterocycles. The maximum atomic E-state index is 11.8. The topological polar surface area (TPSA) is 82.3 Å². The van der Waals surface area contributed by atoms with E-state index in [-0.39, 0.29) is 24.2 Å². The van der Waals surface area contributed by atoms with Gasteiger partial charge in [-0.1, -0.05) is 27.7 Å². The Balaban J connectivity index is 3.69. The zero-order valence-corrected chi connectivity index (χ0v) is 13.2. The first-order chi connectivity index (χ1) is 9.47. The first kappa shape index (κ1) is 18.9. The molecule has 0 bridgehead atoms. The highest BCUT2D eigenvalue weighted by atomic mass is 16.2. The SMILES string of the molecule is CCNCCNC(=O)CC(C)C(=O)NCCNC(C)C. The van der Waals surface area contributed by atoms with Gasteiger partial charge in [-0.2, -0.15) is 0 Å². The Hall–Kier alpha value is -1.14. The van der Waals surface area contributed by atoms with Gasteiger partial charge in [0.05, 0.1) is 0 Å². The highest BCUT2D eigenvalue weighted by Gasteiger charge is 2.16. The largest absolute Gasteiger partial charge is 0.355 e. The third-order valence-corrected chi connectivity index (χ3v) is 2.79. The van der Waals surface area contributed by atoms with Crippen LogP contribution in [0.3, 0.4) is 0 Å². The Labute approximate surface area is 122 Å². The van der Waals surface area contributed by atoms with Gasteiger partial charge in [0.2, 0.25) is 11.8 Å². The molecule has 20 heavy (non-hydrogen) atoms. The molecule has 4 N–H and O–H groups in total. The van der Waals surface area contributed by atoms with Gasteiger partial charge in [-0.15, -0.1) is 0 Å². The van der Waals surface area contributed by atoms with Crippen LogP contribution >= 0.6 is 0 Å². The summed E-state index contributed by atoms with van der Waals surface area (Å²) in [7, 11) is 0. The van der Waals surface area contributed by atoms with Crippen molar-refractivity contribution in [2.75, 3.05) is 32.7 Å². The minimum atomic E-state index is -0.298. The van der Waals surface area contributed by atoms with E-state index in [1.807, 2.05) is 6.92 Å². The van der Waals surface area contributed by atoms with E-state index in [0.717, 1.165) is 19.6 Å². The monoisotopic (exact) mass is 286 g/mol. The Bertz CT molecular complexity index is 282. The molecule has 0 radical (unpaired) electrons. The van der Waals surface area contributed by atoms with Gasteiger partial charge in [0.1, 0.15) is 0 Å². The van der Waals surface area contributed by atoms with E-state index in [1.165, 1.54) is 0 Å². The molecule has 2 amide bonds. The molecule has 0 rings (SSSR count). The highest BCUT2D eigenvalue weighted by Crippen LogP contribution is 2.01. The molecular weight excluding hydrogens is 256 g/mol. The maximum absolute atomic E-state index is 11.8. The van der Waals surface area contributed by atoms with Crippen LogP contribution in [0.4, 0.5) is 0 Å². The van der Waals surface area contributed by atoms with Crippen LogP contribution < -0.4 is 21.3 Å². The quantitative estimate of drug-likeness (QED) is 0.398. The van der Waals surface area contributed by atoms with Gasteiger partial charge < -0.3 is 21.3 Å². The fourth-order valence-corrected chi connectivity index (χ4v) is 1.63. The molecule has 0 heterocycles. The van der Waals surface area contributed by atoms with Crippen LogP contribution in [0.2, 0.25) is 0 Å². The van der Waals surface area contributed by atoms with Crippen molar-refractivity contribution in [2.24, 2.45) is 5.92 Å². The van der Waals surface area contributed by atoms with Crippen molar-refractivity contribution in [1.82, 2.24) is 21.3 Å². The zero-order valence-electron chi connectivity index (χ0n) is 13.2. The van der Waals surface area contributed by atoms with Gasteiger partial charge in [-0.3, -0.25) is 9.59 Å². The zero-order chi connectivity index (χ0) is 15.4. The Morgan fingerprint density at radius 3 is 2.20 bits per heavy atom. The molecule has 0 spiro atoms. The number of amides is 2. The lowest BCUT2D eigenvalue weighted by Gasteiger charge is -2.13. The molecule has 118 valence electrons. The molecule has 0 aliphatic carbocycles. The summed E-state index contributed by atoms with van der Waals surface area (Å²) in [6.07, 6.45) is 0.232. The van der Waals surface area contributed by atoms with Crippen LogP contribution in [-0.2, 0) is 9.59 Å². The lowest BCUT2D eigenvalue weighted by molar-refractivity contribution is -0.129. The van der Waals surface area contributed by atoms with Gasteiger partial charge in [0.25, 0.3) is 0 Å². The predicted octanol–water partition coefficient (Wildman–Crippen LogP) is -0.147. The number of hydrogen-bond donors (Lipinski definition) is 4. The fraction of sp³-hybridized carbons (Fsp3) is 0.857. The van der Waals surface area contributed by atoms with E-state index in [1.54, 1.807) is 6.92 Å². The molecule has 0 aliphatic heterocycles. The molecular formula is C14H30N4O2. The van der Waals surface area contributed by atoms with Crippen LogP contribution in [0.25, 0.3) is 0 Å². The smallest absolute Gasteiger partial charge is 0.223 e. The van der Waals surface area contributed by atoms with E-state index < -0.39 is 0 Å². The lowest BCUT2D eigenvalue weighted by atomic mass is 10.1. The average Bonchev–Trinajstić information content (AvgIpc) is 2.39. The molecule has 0 aromatic carbocycles. The molecule has 1 atom stereocenters. The summed E-state index contributed by atoms with van der Waals surface area (Å²) in [5, 5.41) is 12.0. The second kappa shape index (κ2) is 11.7. The molecule has 0 aliphatic rings. The first-order valence-corrected chi connectivity index (χ1v) is 7.45. The molecule has 1 unspecified atom stereocenters. The van der Waals surface area contributed by atoms with E-state index in [4.69, 9.17) is 0 Å². The summed E-state index contributed by atoms with van der Waals surface area (Å²) in [6.45, 7) is 11.5. The third kappa shape index (κ3) is 10.8. The van der Waals surface area contributed by atoms with Crippen LogP contribution in [-0.4, -0.2) is 50.6 Å². The average molecular weight is 286 g/mol. The minimum Gasteiger partial charge on any atom is -0.355 e. The number of carbonyl (C=O) groups is 2. The second-order valence-corrected chi connectivity index (χ2v) is 5.21. The molecule has 6 nitrogen and oxygen atoms in total. The summed E-state index contributed by atoms with van der Waals surface area (Å²) in [5.41, 5.74) is 0. The van der Waals surface area contributed by atoms with E-state index in [0.29, 0.717) is 19.1 Å². The summed E-state index contributed by atoms with van der Waals surface area (Å²) in [6, 6.07) is 0.409. The summed E-state index contributed by atoms with van der Waals surface area (Å²) < 4.78 is 0. The van der Waals surface area contributed by atoms with Crippen LogP contribution in [0.15, 0.2) is 0 Å². The maximum Gasteiger partial charge on any atom is 0.223 e. The van der Waals surface area contributed by atoms with E-state index in [9.17, 15) is 9.59 Å². The summed E-state index contributed by atoms with van der Waals surface area (Å²) in [5.74, 6) is -0.448. The molecule has 0 aromatic heterocycles. The van der Waals surface area contributed by atoms with Crippen LogP contribution in [0.5, 0.6) is 0 Å². The van der Waals surface area contributed by atoms with Crippen molar-refractivity contribution in [1.29, 1.82) is 0 Å². The second-order valence-electron chi connectivity index (χ2n) is 5.21. The third-order valence-electron chi connectivity index (χ3n) is 2.79. The van der Waals surface area contributed by atoms with Crippen LogP contribution in [0.1, 0.15) is 34.1 Å². The number of carbonyl (C=O) groups excluding carboxylic acids is 2. The van der Waals surface area contributed by atoms with Gasteiger partial charge >= 0.3 is 0 Å². The Kier molecular flexibility index (Phi) is 11.0. The molecule has 0 fully saturated rings. The van der Waals surface area contributed by atoms with E-state index in [2.05, 4.69) is 35.1 Å². The van der Waals surface area contributed by atoms with Gasteiger partial charge in [0.15, 0.2) is 0 Å². The first-order valence-electron chi connectivity index (χ1n) is 7.45. The van der Waals surface area contributed by atoms with Crippen molar-refractivity contribution in [3.63, 3.8) is 0 Å². The number of rotatable bonds is 11.